The van der Waals surface area contributed by atoms with Crippen LogP contribution in [0, 0.1) is 0 Å². The van der Waals surface area contributed by atoms with Crippen LogP contribution in [-0.2, 0) is 4.79 Å². The van der Waals surface area contributed by atoms with Gasteiger partial charge >= 0.3 is 5.97 Å². The van der Waals surface area contributed by atoms with E-state index in [-0.39, 0.29) is 18.8 Å². The van der Waals surface area contributed by atoms with Gasteiger partial charge in [-0.15, -0.1) is 0 Å². The zero-order valence-electron chi connectivity index (χ0n) is 9.02. The first-order valence-electron chi connectivity index (χ1n) is 4.74. The Balaban J connectivity index is 0. The molecule has 15 heavy (non-hydrogen) atoms. The summed E-state index contributed by atoms with van der Waals surface area (Å²) in [6.45, 7) is 4.59. The molecule has 0 heterocycles. The molecule has 0 aromatic heterocycles. The van der Waals surface area contributed by atoms with E-state index in [1.165, 1.54) is 6.92 Å². The largest absolute Gasteiger partial charge is 0.478 e. The molecular weight excluding hydrogens is 200 g/mol. The van der Waals surface area contributed by atoms with Gasteiger partial charge in [0.15, 0.2) is 0 Å². The van der Waals surface area contributed by atoms with Gasteiger partial charge in [-0.05, 0) is 26.2 Å². The lowest BCUT2D eigenvalue weighted by Gasteiger charge is -2.03. The summed E-state index contributed by atoms with van der Waals surface area (Å²) < 4.78 is 0. The Kier molecular flexibility index (Phi) is 12.3. The van der Waals surface area contributed by atoms with Crippen molar-refractivity contribution in [1.29, 1.82) is 0 Å². The van der Waals surface area contributed by atoms with Crippen LogP contribution >= 0.6 is 0 Å². The average Bonchev–Trinajstić information content (AvgIpc) is 2.18. The molecule has 0 aromatic rings. The molecule has 0 aliphatic rings. The first-order chi connectivity index (χ1) is 6.95. The molecule has 1 unspecified atom stereocenters. The molecule has 4 N–H and O–H groups in total. The van der Waals surface area contributed by atoms with Crippen molar-refractivity contribution in [3.8, 4) is 0 Å². The molecule has 0 amide bonds. The van der Waals surface area contributed by atoms with Crippen LogP contribution in [0.15, 0.2) is 12.2 Å². The maximum atomic E-state index is 9.60. The quantitative estimate of drug-likeness (QED) is 0.377. The van der Waals surface area contributed by atoms with Crippen molar-refractivity contribution >= 4 is 5.97 Å². The third-order valence-electron chi connectivity index (χ3n) is 1.52. The summed E-state index contributed by atoms with van der Waals surface area (Å²) in [6, 6.07) is 0. The van der Waals surface area contributed by atoms with Crippen molar-refractivity contribution in [3.05, 3.63) is 12.2 Å². The summed E-state index contributed by atoms with van der Waals surface area (Å²) in [7, 11) is 0. The zero-order valence-corrected chi connectivity index (χ0v) is 9.02. The number of carboxylic acids is 1. The summed E-state index contributed by atoms with van der Waals surface area (Å²) in [5.74, 6) is -0.935. The van der Waals surface area contributed by atoms with Crippen LogP contribution in [0.2, 0.25) is 0 Å². The maximum absolute atomic E-state index is 9.60. The minimum absolute atomic E-state index is 0.165. The van der Waals surface area contributed by atoms with E-state index >= 15 is 0 Å². The lowest BCUT2D eigenvalue weighted by molar-refractivity contribution is -0.132. The van der Waals surface area contributed by atoms with Gasteiger partial charge in [-0.25, -0.2) is 4.79 Å². The van der Waals surface area contributed by atoms with Crippen molar-refractivity contribution in [2.24, 2.45) is 0 Å². The summed E-state index contributed by atoms with van der Waals surface area (Å²) in [5.41, 5.74) is 0.176. The second kappa shape index (κ2) is 11.2. The molecule has 0 saturated heterocycles. The molecule has 0 bridgehead atoms. The van der Waals surface area contributed by atoms with Crippen LogP contribution in [0.1, 0.15) is 26.2 Å². The molecule has 0 spiro atoms. The van der Waals surface area contributed by atoms with Gasteiger partial charge in [-0.2, -0.15) is 0 Å². The van der Waals surface area contributed by atoms with Gasteiger partial charge in [0.25, 0.3) is 0 Å². The molecule has 5 nitrogen and oxygen atoms in total. The van der Waals surface area contributed by atoms with E-state index < -0.39 is 12.1 Å². The van der Waals surface area contributed by atoms with E-state index in [4.69, 9.17) is 20.4 Å². The SMILES string of the molecule is C=C(C)C(=O)O.OCCCCC(O)CO. The van der Waals surface area contributed by atoms with E-state index in [1.54, 1.807) is 0 Å². The van der Waals surface area contributed by atoms with Gasteiger partial charge in [0.05, 0.1) is 12.7 Å². The Morgan fingerprint density at radius 2 is 1.80 bits per heavy atom. The number of hydrogen-bond donors (Lipinski definition) is 4. The standard InChI is InChI=1S/C6H14O3.C4H6O2/c7-4-2-1-3-6(9)5-8;1-3(2)4(5)6/h6-9H,1-5H2;1H2,2H3,(H,5,6). The minimum atomic E-state index is -0.935. The minimum Gasteiger partial charge on any atom is -0.478 e. The highest BCUT2D eigenvalue weighted by Crippen LogP contribution is 1.98. The molecule has 5 heteroatoms. The number of hydrogen-bond acceptors (Lipinski definition) is 4. The van der Waals surface area contributed by atoms with Crippen LogP contribution < -0.4 is 0 Å². The van der Waals surface area contributed by atoms with Crippen molar-refractivity contribution in [3.63, 3.8) is 0 Å². The van der Waals surface area contributed by atoms with Gasteiger partial charge in [-0.3, -0.25) is 0 Å². The van der Waals surface area contributed by atoms with Crippen molar-refractivity contribution in [2.45, 2.75) is 32.3 Å². The van der Waals surface area contributed by atoms with E-state index in [1.807, 2.05) is 0 Å². The van der Waals surface area contributed by atoms with Crippen molar-refractivity contribution in [1.82, 2.24) is 0 Å². The highest BCUT2D eigenvalue weighted by atomic mass is 16.4. The predicted molar refractivity (Wildman–Crippen MR) is 56.5 cm³/mol. The Hall–Kier alpha value is -0.910. The van der Waals surface area contributed by atoms with Gasteiger partial charge in [0.2, 0.25) is 0 Å². The number of aliphatic hydroxyl groups is 3. The van der Waals surface area contributed by atoms with Crippen molar-refractivity contribution < 1.29 is 25.2 Å². The fraction of sp³-hybridized carbons (Fsp3) is 0.700. The monoisotopic (exact) mass is 220 g/mol. The zero-order chi connectivity index (χ0) is 12.3. The number of aliphatic carboxylic acids is 1. The summed E-state index contributed by atoms with van der Waals surface area (Å²) in [4.78, 5) is 9.60. The van der Waals surface area contributed by atoms with Crippen molar-refractivity contribution in [2.75, 3.05) is 13.2 Å². The highest BCUT2D eigenvalue weighted by Gasteiger charge is 1.99. The summed E-state index contributed by atoms with van der Waals surface area (Å²) in [5, 5.41) is 33.3. The number of rotatable bonds is 6. The Labute approximate surface area is 89.7 Å². The molecular formula is C10H20O5. The molecule has 0 aliphatic carbocycles. The smallest absolute Gasteiger partial charge is 0.330 e. The molecule has 0 radical (unpaired) electrons. The number of aliphatic hydroxyl groups excluding tert-OH is 3. The molecule has 0 aliphatic heterocycles. The molecule has 0 aromatic carbocycles. The van der Waals surface area contributed by atoms with Gasteiger partial charge in [-0.1, -0.05) is 6.58 Å². The van der Waals surface area contributed by atoms with Crippen LogP contribution in [-0.4, -0.2) is 45.7 Å². The fourth-order valence-electron chi connectivity index (χ4n) is 0.583. The topological polar surface area (TPSA) is 98.0 Å². The average molecular weight is 220 g/mol. The molecule has 90 valence electrons. The van der Waals surface area contributed by atoms with Gasteiger partial charge in [0, 0.05) is 12.2 Å². The van der Waals surface area contributed by atoms with E-state index in [9.17, 15) is 4.79 Å². The lowest BCUT2D eigenvalue weighted by Crippen LogP contribution is -2.11. The lowest BCUT2D eigenvalue weighted by atomic mass is 10.2. The number of carbonyl (C=O) groups is 1. The maximum Gasteiger partial charge on any atom is 0.330 e. The van der Waals surface area contributed by atoms with Gasteiger partial charge < -0.3 is 20.4 Å². The second-order valence-electron chi connectivity index (χ2n) is 3.14. The Bertz CT molecular complexity index is 167. The van der Waals surface area contributed by atoms with Crippen LogP contribution in [0.4, 0.5) is 0 Å². The third-order valence-corrected chi connectivity index (χ3v) is 1.52. The molecule has 1 atom stereocenters. The number of carboxylic acid groups (broad SMARTS) is 1. The predicted octanol–water partition coefficient (Wildman–Crippen LogP) is 0.149. The third kappa shape index (κ3) is 15.8. The first-order valence-corrected chi connectivity index (χ1v) is 4.74. The Morgan fingerprint density at radius 1 is 1.33 bits per heavy atom. The second-order valence-corrected chi connectivity index (χ2v) is 3.14. The summed E-state index contributed by atoms with van der Waals surface area (Å²) in [6.07, 6.45) is 1.46. The van der Waals surface area contributed by atoms with Gasteiger partial charge in [0.1, 0.15) is 0 Å². The van der Waals surface area contributed by atoms with E-state index in [2.05, 4.69) is 6.58 Å². The first kappa shape index (κ1) is 16.5. The van der Waals surface area contributed by atoms with E-state index in [0.29, 0.717) is 12.8 Å². The molecule has 0 saturated carbocycles. The normalized spacial score (nSPS) is 11.2. The van der Waals surface area contributed by atoms with Crippen LogP contribution in [0.3, 0.4) is 0 Å². The summed E-state index contributed by atoms with van der Waals surface area (Å²) >= 11 is 0. The Morgan fingerprint density at radius 3 is 2.07 bits per heavy atom. The highest BCUT2D eigenvalue weighted by molar-refractivity contribution is 5.84. The number of unbranched alkanes of at least 4 members (excludes halogenated alkanes) is 1. The molecule has 0 rings (SSSR count). The fourth-order valence-corrected chi connectivity index (χ4v) is 0.583. The van der Waals surface area contributed by atoms with E-state index in [0.717, 1.165) is 6.42 Å². The van der Waals surface area contributed by atoms with Crippen LogP contribution in [0.5, 0.6) is 0 Å². The molecule has 0 fully saturated rings. The van der Waals surface area contributed by atoms with Crippen LogP contribution in [0.25, 0.3) is 0 Å².